The summed E-state index contributed by atoms with van der Waals surface area (Å²) < 4.78 is 1.38. The minimum Gasteiger partial charge on any atom is -0.376 e. The molecule has 3 aromatic rings. The van der Waals surface area contributed by atoms with Crippen molar-refractivity contribution < 1.29 is 0 Å². The highest BCUT2D eigenvalue weighted by molar-refractivity contribution is 6.32. The number of hydrogen-bond donors (Lipinski definition) is 1. The third-order valence-electron chi connectivity index (χ3n) is 4.19. The SMILES string of the molecule is Cc1ccccc1C(C)Nc1cnn(Cc2ccccc2)c(=O)c1Cl. The van der Waals surface area contributed by atoms with Crippen molar-refractivity contribution in [2.24, 2.45) is 0 Å². The van der Waals surface area contributed by atoms with Crippen molar-refractivity contribution in [3.8, 4) is 0 Å². The number of anilines is 1. The fourth-order valence-electron chi connectivity index (χ4n) is 2.82. The molecule has 5 heteroatoms. The summed E-state index contributed by atoms with van der Waals surface area (Å²) in [6.45, 7) is 4.49. The summed E-state index contributed by atoms with van der Waals surface area (Å²) in [5.41, 5.74) is 3.59. The summed E-state index contributed by atoms with van der Waals surface area (Å²) in [6, 6.07) is 17.9. The van der Waals surface area contributed by atoms with Crippen LogP contribution in [0.25, 0.3) is 0 Å². The molecule has 1 heterocycles. The number of aryl methyl sites for hydroxylation is 1. The highest BCUT2D eigenvalue weighted by Gasteiger charge is 2.14. The summed E-state index contributed by atoms with van der Waals surface area (Å²) in [5.74, 6) is 0. The molecule has 0 fully saturated rings. The van der Waals surface area contributed by atoms with Gasteiger partial charge in [-0.1, -0.05) is 66.2 Å². The molecule has 1 N–H and O–H groups in total. The van der Waals surface area contributed by atoms with Crippen LogP contribution in [0.15, 0.2) is 65.6 Å². The van der Waals surface area contributed by atoms with Gasteiger partial charge >= 0.3 is 0 Å². The fraction of sp³-hybridized carbons (Fsp3) is 0.200. The standard InChI is InChI=1S/C20H20ClN3O/c1-14-8-6-7-11-17(14)15(2)23-18-12-22-24(20(25)19(18)21)13-16-9-4-3-5-10-16/h3-12,15,23H,13H2,1-2H3. The van der Waals surface area contributed by atoms with Crippen LogP contribution in [0.3, 0.4) is 0 Å². The van der Waals surface area contributed by atoms with Gasteiger partial charge in [-0.3, -0.25) is 4.79 Å². The van der Waals surface area contributed by atoms with Crippen molar-refractivity contribution in [1.29, 1.82) is 0 Å². The Morgan fingerprint density at radius 2 is 1.80 bits per heavy atom. The Morgan fingerprint density at radius 1 is 1.12 bits per heavy atom. The molecule has 1 atom stereocenters. The highest BCUT2D eigenvalue weighted by atomic mass is 35.5. The summed E-state index contributed by atoms with van der Waals surface area (Å²) in [7, 11) is 0. The Balaban J connectivity index is 1.83. The Kier molecular flexibility index (Phi) is 5.19. The summed E-state index contributed by atoms with van der Waals surface area (Å²) in [5, 5.41) is 7.71. The molecular formula is C20H20ClN3O. The molecule has 0 radical (unpaired) electrons. The number of rotatable bonds is 5. The van der Waals surface area contributed by atoms with Crippen molar-refractivity contribution in [1.82, 2.24) is 9.78 Å². The summed E-state index contributed by atoms with van der Waals surface area (Å²) >= 11 is 6.30. The van der Waals surface area contributed by atoms with Crippen molar-refractivity contribution in [2.75, 3.05) is 5.32 Å². The van der Waals surface area contributed by atoms with E-state index in [-0.39, 0.29) is 16.6 Å². The van der Waals surface area contributed by atoms with E-state index in [0.717, 1.165) is 11.1 Å². The molecule has 25 heavy (non-hydrogen) atoms. The molecule has 0 bridgehead atoms. The first-order valence-electron chi connectivity index (χ1n) is 8.18. The van der Waals surface area contributed by atoms with E-state index in [1.807, 2.05) is 49.4 Å². The van der Waals surface area contributed by atoms with Crippen molar-refractivity contribution in [2.45, 2.75) is 26.4 Å². The second-order valence-electron chi connectivity index (χ2n) is 6.04. The van der Waals surface area contributed by atoms with Crippen LogP contribution in [0, 0.1) is 6.92 Å². The van der Waals surface area contributed by atoms with Gasteiger partial charge in [0.2, 0.25) is 0 Å². The number of halogens is 1. The lowest BCUT2D eigenvalue weighted by molar-refractivity contribution is 0.639. The van der Waals surface area contributed by atoms with Crippen molar-refractivity contribution in [3.05, 3.63) is 92.9 Å². The lowest BCUT2D eigenvalue weighted by Gasteiger charge is -2.18. The maximum absolute atomic E-state index is 12.5. The van der Waals surface area contributed by atoms with E-state index >= 15 is 0 Å². The number of hydrogen-bond acceptors (Lipinski definition) is 3. The molecule has 3 rings (SSSR count). The second kappa shape index (κ2) is 7.53. The third-order valence-corrected chi connectivity index (χ3v) is 4.55. The lowest BCUT2D eigenvalue weighted by Crippen LogP contribution is -2.25. The van der Waals surface area contributed by atoms with Gasteiger partial charge in [-0.15, -0.1) is 0 Å². The molecule has 0 saturated heterocycles. The van der Waals surface area contributed by atoms with E-state index in [1.165, 1.54) is 10.2 Å². The van der Waals surface area contributed by atoms with Gasteiger partial charge in [-0.25, -0.2) is 4.68 Å². The lowest BCUT2D eigenvalue weighted by atomic mass is 10.0. The van der Waals surface area contributed by atoms with Crippen molar-refractivity contribution in [3.63, 3.8) is 0 Å². The molecular weight excluding hydrogens is 334 g/mol. The van der Waals surface area contributed by atoms with Crippen LogP contribution in [-0.2, 0) is 6.54 Å². The monoisotopic (exact) mass is 353 g/mol. The van der Waals surface area contributed by atoms with Gasteiger partial charge in [0.05, 0.1) is 18.4 Å². The first-order valence-corrected chi connectivity index (χ1v) is 8.55. The summed E-state index contributed by atoms with van der Waals surface area (Å²) in [4.78, 5) is 12.5. The minimum absolute atomic E-state index is 0.0184. The van der Waals surface area contributed by atoms with Gasteiger partial charge in [-0.05, 0) is 30.5 Å². The maximum atomic E-state index is 12.5. The van der Waals surface area contributed by atoms with Gasteiger partial charge in [0.25, 0.3) is 5.56 Å². The third kappa shape index (κ3) is 3.91. The average Bonchev–Trinajstić information content (AvgIpc) is 2.62. The molecule has 0 amide bonds. The Bertz CT molecular complexity index is 922. The number of benzene rings is 2. The first kappa shape index (κ1) is 17.2. The van der Waals surface area contributed by atoms with Crippen LogP contribution in [-0.4, -0.2) is 9.78 Å². The topological polar surface area (TPSA) is 46.9 Å². The molecule has 1 aromatic heterocycles. The van der Waals surface area contributed by atoms with Crippen LogP contribution in [0.2, 0.25) is 5.02 Å². The zero-order valence-corrected chi connectivity index (χ0v) is 15.0. The Labute approximate surface area is 152 Å². The van der Waals surface area contributed by atoms with E-state index in [0.29, 0.717) is 12.2 Å². The predicted octanol–water partition coefficient (Wildman–Crippen LogP) is 4.43. The average molecular weight is 354 g/mol. The van der Waals surface area contributed by atoms with Gasteiger partial charge in [-0.2, -0.15) is 5.10 Å². The van der Waals surface area contributed by atoms with Gasteiger partial charge in [0, 0.05) is 6.04 Å². The molecule has 1 unspecified atom stereocenters. The quantitative estimate of drug-likeness (QED) is 0.738. The van der Waals surface area contributed by atoms with Crippen molar-refractivity contribution >= 4 is 17.3 Å². The molecule has 0 spiro atoms. The van der Waals surface area contributed by atoms with Crippen LogP contribution in [0.4, 0.5) is 5.69 Å². The molecule has 128 valence electrons. The van der Waals surface area contributed by atoms with E-state index in [9.17, 15) is 4.79 Å². The van der Waals surface area contributed by atoms with E-state index in [2.05, 4.69) is 29.5 Å². The van der Waals surface area contributed by atoms with E-state index in [1.54, 1.807) is 6.20 Å². The highest BCUT2D eigenvalue weighted by Crippen LogP contribution is 2.24. The van der Waals surface area contributed by atoms with Gasteiger partial charge in [0.15, 0.2) is 0 Å². The van der Waals surface area contributed by atoms with E-state index in [4.69, 9.17) is 11.6 Å². The Morgan fingerprint density at radius 3 is 2.52 bits per heavy atom. The van der Waals surface area contributed by atoms with E-state index < -0.39 is 0 Å². The minimum atomic E-state index is -0.299. The largest absolute Gasteiger partial charge is 0.376 e. The Hall–Kier alpha value is -2.59. The van der Waals surface area contributed by atoms with Crippen LogP contribution in [0.5, 0.6) is 0 Å². The number of nitrogens with one attached hydrogen (secondary N) is 1. The second-order valence-corrected chi connectivity index (χ2v) is 6.42. The first-order chi connectivity index (χ1) is 12.1. The van der Waals surface area contributed by atoms with Crippen LogP contribution in [0.1, 0.15) is 29.7 Å². The smallest absolute Gasteiger partial charge is 0.287 e. The molecule has 0 aliphatic carbocycles. The van der Waals surface area contributed by atoms with Crippen LogP contribution >= 0.6 is 11.6 Å². The molecule has 0 aliphatic heterocycles. The number of aromatic nitrogens is 2. The van der Waals surface area contributed by atoms with Gasteiger partial charge in [0.1, 0.15) is 5.02 Å². The molecule has 2 aromatic carbocycles. The van der Waals surface area contributed by atoms with Gasteiger partial charge < -0.3 is 5.32 Å². The fourth-order valence-corrected chi connectivity index (χ4v) is 3.02. The van der Waals surface area contributed by atoms with Crippen LogP contribution < -0.4 is 10.9 Å². The normalized spacial score (nSPS) is 12.0. The maximum Gasteiger partial charge on any atom is 0.287 e. The zero-order chi connectivity index (χ0) is 17.8. The predicted molar refractivity (Wildman–Crippen MR) is 102 cm³/mol. The molecule has 0 aliphatic rings. The summed E-state index contributed by atoms with van der Waals surface area (Å²) in [6.07, 6.45) is 1.61. The zero-order valence-electron chi connectivity index (χ0n) is 14.2. The number of nitrogens with zero attached hydrogens (tertiary/aromatic N) is 2. The molecule has 4 nitrogen and oxygen atoms in total. The molecule has 0 saturated carbocycles.